The van der Waals surface area contributed by atoms with Crippen molar-refractivity contribution in [3.63, 3.8) is 0 Å². The molecule has 0 atom stereocenters. The first-order valence-electron chi connectivity index (χ1n) is 3.24. The van der Waals surface area contributed by atoms with Gasteiger partial charge in [-0.3, -0.25) is 0 Å². The average molecular weight is 247 g/mol. The molecule has 0 amide bonds. The van der Waals surface area contributed by atoms with E-state index in [1.54, 1.807) is 0 Å². The van der Waals surface area contributed by atoms with E-state index < -0.39 is 0 Å². The van der Waals surface area contributed by atoms with Crippen molar-refractivity contribution in [2.75, 3.05) is 0 Å². The molecule has 1 heterocycles. The lowest BCUT2D eigenvalue weighted by atomic mass is 10.3. The topological polar surface area (TPSA) is 31.6 Å². The summed E-state index contributed by atoms with van der Waals surface area (Å²) in [6, 6.07) is 2.79. The molecule has 62 valence electrons. The Balaban J connectivity index is 2.97. The number of aromatic amines is 2. The summed E-state index contributed by atoms with van der Waals surface area (Å²) in [6.07, 6.45) is 0. The van der Waals surface area contributed by atoms with Crippen molar-refractivity contribution < 1.29 is 4.39 Å². The van der Waals surface area contributed by atoms with Gasteiger partial charge >= 0.3 is 0 Å². The number of aromatic nitrogens is 2. The molecule has 0 fully saturated rings. The van der Waals surface area contributed by atoms with Crippen LogP contribution in [0.3, 0.4) is 0 Å². The van der Waals surface area contributed by atoms with Crippen LogP contribution in [0.4, 0.5) is 4.39 Å². The summed E-state index contributed by atoms with van der Waals surface area (Å²) in [7, 11) is 0. The highest BCUT2D eigenvalue weighted by molar-refractivity contribution is 9.10. The van der Waals surface area contributed by atoms with Crippen LogP contribution in [-0.2, 0) is 0 Å². The summed E-state index contributed by atoms with van der Waals surface area (Å²) < 4.78 is 14.0. The molecule has 0 saturated carbocycles. The van der Waals surface area contributed by atoms with Crippen molar-refractivity contribution in [2.24, 2.45) is 0 Å². The molecule has 2 nitrogen and oxygen atoms in total. The zero-order valence-electron chi connectivity index (χ0n) is 5.82. The number of hydrogen-bond acceptors (Lipinski definition) is 1. The smallest absolute Gasteiger partial charge is 0.175 e. The molecular weight excluding hydrogens is 243 g/mol. The minimum absolute atomic E-state index is 0.292. The predicted octanol–water partition coefficient (Wildman–Crippen LogP) is 3.13. The first kappa shape index (κ1) is 7.94. The fourth-order valence-corrected chi connectivity index (χ4v) is 1.81. The SMILES string of the molecule is Fc1cc(Br)c2[nH]c(=S)[nH]c2c1. The lowest BCUT2D eigenvalue weighted by Gasteiger charge is -1.92. The molecule has 0 spiro atoms. The van der Waals surface area contributed by atoms with Gasteiger partial charge in [0.05, 0.1) is 11.0 Å². The summed E-state index contributed by atoms with van der Waals surface area (Å²) in [5.74, 6) is -0.292. The molecule has 0 bridgehead atoms. The summed E-state index contributed by atoms with van der Waals surface area (Å²) in [6.45, 7) is 0. The van der Waals surface area contributed by atoms with E-state index in [9.17, 15) is 4.39 Å². The van der Waals surface area contributed by atoms with Crippen molar-refractivity contribution in [1.82, 2.24) is 9.97 Å². The van der Waals surface area contributed by atoms with Crippen molar-refractivity contribution in [2.45, 2.75) is 0 Å². The van der Waals surface area contributed by atoms with Crippen LogP contribution in [0.25, 0.3) is 11.0 Å². The zero-order valence-corrected chi connectivity index (χ0v) is 8.22. The molecule has 0 aliphatic carbocycles. The summed E-state index contributed by atoms with van der Waals surface area (Å²) in [5, 5.41) is 0. The van der Waals surface area contributed by atoms with Gasteiger partial charge in [0.15, 0.2) is 4.77 Å². The van der Waals surface area contributed by atoms with Crippen molar-refractivity contribution in [3.05, 3.63) is 27.2 Å². The Labute approximate surface area is 80.9 Å². The van der Waals surface area contributed by atoms with E-state index in [0.717, 1.165) is 5.52 Å². The number of fused-ring (bicyclic) bond motifs is 1. The molecule has 0 aliphatic rings. The highest BCUT2D eigenvalue weighted by Crippen LogP contribution is 2.22. The van der Waals surface area contributed by atoms with Gasteiger partial charge < -0.3 is 9.97 Å². The van der Waals surface area contributed by atoms with E-state index >= 15 is 0 Å². The summed E-state index contributed by atoms with van der Waals surface area (Å²) in [4.78, 5) is 5.73. The van der Waals surface area contributed by atoms with Crippen LogP contribution in [0.2, 0.25) is 0 Å². The van der Waals surface area contributed by atoms with Crippen LogP contribution >= 0.6 is 28.1 Å². The van der Waals surface area contributed by atoms with Gasteiger partial charge in [0.2, 0.25) is 0 Å². The number of imidazole rings is 1. The van der Waals surface area contributed by atoms with E-state index in [1.165, 1.54) is 12.1 Å². The van der Waals surface area contributed by atoms with Crippen molar-refractivity contribution >= 4 is 39.2 Å². The molecule has 2 aromatic rings. The maximum absolute atomic E-state index is 12.8. The van der Waals surface area contributed by atoms with E-state index in [2.05, 4.69) is 25.9 Å². The van der Waals surface area contributed by atoms with Gasteiger partial charge in [-0.2, -0.15) is 0 Å². The Bertz CT molecular complexity index is 488. The van der Waals surface area contributed by atoms with E-state index in [1.807, 2.05) is 0 Å². The largest absolute Gasteiger partial charge is 0.331 e. The van der Waals surface area contributed by atoms with E-state index in [4.69, 9.17) is 12.2 Å². The standard InChI is InChI=1S/C7H4BrFN2S/c8-4-1-3(9)2-5-6(4)11-7(12)10-5/h1-2H,(H2,10,11,12). The van der Waals surface area contributed by atoms with Gasteiger partial charge in [-0.05, 0) is 40.3 Å². The minimum Gasteiger partial charge on any atom is -0.331 e. The Hall–Kier alpha value is -0.680. The van der Waals surface area contributed by atoms with E-state index in [0.29, 0.717) is 14.8 Å². The first-order chi connectivity index (χ1) is 5.66. The number of H-pyrrole nitrogens is 2. The van der Waals surface area contributed by atoms with Crippen LogP contribution in [0.15, 0.2) is 16.6 Å². The molecule has 1 aromatic heterocycles. The monoisotopic (exact) mass is 246 g/mol. The third kappa shape index (κ3) is 1.19. The fraction of sp³-hybridized carbons (Fsp3) is 0. The highest BCUT2D eigenvalue weighted by Gasteiger charge is 2.02. The summed E-state index contributed by atoms with van der Waals surface area (Å²) >= 11 is 8.08. The van der Waals surface area contributed by atoms with Gasteiger partial charge in [-0.1, -0.05) is 0 Å². The lowest BCUT2D eigenvalue weighted by molar-refractivity contribution is 0.628. The molecule has 0 unspecified atom stereocenters. The quantitative estimate of drug-likeness (QED) is 0.688. The van der Waals surface area contributed by atoms with Crippen molar-refractivity contribution in [3.8, 4) is 0 Å². The minimum atomic E-state index is -0.292. The Morgan fingerprint density at radius 2 is 2.08 bits per heavy atom. The molecule has 0 saturated heterocycles. The Kier molecular flexibility index (Phi) is 1.77. The van der Waals surface area contributed by atoms with Gasteiger partial charge in [-0.15, -0.1) is 0 Å². The molecule has 2 rings (SSSR count). The average Bonchev–Trinajstić information content (AvgIpc) is 2.29. The molecule has 0 aliphatic heterocycles. The molecule has 12 heavy (non-hydrogen) atoms. The zero-order chi connectivity index (χ0) is 8.72. The third-order valence-corrected chi connectivity index (χ3v) is 2.37. The first-order valence-corrected chi connectivity index (χ1v) is 4.44. The molecule has 2 N–H and O–H groups in total. The van der Waals surface area contributed by atoms with Gasteiger partial charge in [-0.25, -0.2) is 4.39 Å². The second-order valence-corrected chi connectivity index (χ2v) is 3.65. The van der Waals surface area contributed by atoms with Crippen molar-refractivity contribution in [1.29, 1.82) is 0 Å². The van der Waals surface area contributed by atoms with Crippen LogP contribution in [0.1, 0.15) is 0 Å². The molecule has 0 radical (unpaired) electrons. The van der Waals surface area contributed by atoms with Crippen LogP contribution in [0, 0.1) is 10.6 Å². The third-order valence-electron chi connectivity index (χ3n) is 1.54. The van der Waals surface area contributed by atoms with Gasteiger partial charge in [0.1, 0.15) is 5.82 Å². The predicted molar refractivity (Wildman–Crippen MR) is 51.1 cm³/mol. The number of rotatable bonds is 0. The molecular formula is C7H4BrFN2S. The number of hydrogen-bond donors (Lipinski definition) is 2. The van der Waals surface area contributed by atoms with Gasteiger partial charge in [0.25, 0.3) is 0 Å². The highest BCUT2D eigenvalue weighted by atomic mass is 79.9. The second-order valence-electron chi connectivity index (χ2n) is 2.39. The van der Waals surface area contributed by atoms with E-state index in [-0.39, 0.29) is 5.82 Å². The maximum Gasteiger partial charge on any atom is 0.175 e. The fourth-order valence-electron chi connectivity index (χ4n) is 1.07. The summed E-state index contributed by atoms with van der Waals surface area (Å²) in [5.41, 5.74) is 1.47. The molecule has 1 aromatic carbocycles. The Morgan fingerprint density at radius 3 is 2.83 bits per heavy atom. The number of nitrogens with one attached hydrogen (secondary N) is 2. The number of halogens is 2. The van der Waals surface area contributed by atoms with Crippen LogP contribution < -0.4 is 0 Å². The Morgan fingerprint density at radius 1 is 1.33 bits per heavy atom. The normalized spacial score (nSPS) is 10.8. The lowest BCUT2D eigenvalue weighted by Crippen LogP contribution is -1.76. The van der Waals surface area contributed by atoms with Crippen LogP contribution in [0.5, 0.6) is 0 Å². The number of benzene rings is 1. The van der Waals surface area contributed by atoms with Gasteiger partial charge in [0, 0.05) is 4.47 Å². The second kappa shape index (κ2) is 2.67. The maximum atomic E-state index is 12.8. The van der Waals surface area contributed by atoms with Crippen LogP contribution in [-0.4, -0.2) is 9.97 Å². The molecule has 5 heteroatoms.